The molecule has 1 aromatic rings. The molecule has 0 aliphatic carbocycles. The smallest absolute Gasteiger partial charge is 0.211 e. The summed E-state index contributed by atoms with van der Waals surface area (Å²) in [6.07, 6.45) is 5.08. The second kappa shape index (κ2) is 8.24. The average Bonchev–Trinajstić information content (AvgIpc) is 2.37. The van der Waals surface area contributed by atoms with E-state index in [1.807, 2.05) is 13.0 Å². The Hall–Kier alpha value is -0.980. The van der Waals surface area contributed by atoms with Crippen LogP contribution in [-0.4, -0.2) is 32.2 Å². The van der Waals surface area contributed by atoms with Crippen LogP contribution in [0, 0.1) is 6.92 Å². The molecule has 0 amide bonds. The van der Waals surface area contributed by atoms with E-state index in [4.69, 9.17) is 0 Å². The van der Waals surface area contributed by atoms with Crippen molar-refractivity contribution in [3.05, 3.63) is 29.6 Å². The molecular weight excluding hydrogens is 262 g/mol. The van der Waals surface area contributed by atoms with Crippen molar-refractivity contribution < 1.29 is 8.42 Å². The van der Waals surface area contributed by atoms with Crippen molar-refractivity contribution in [2.45, 2.75) is 33.2 Å². The Kier molecular flexibility index (Phi) is 6.97. The highest BCUT2D eigenvalue weighted by Crippen LogP contribution is 2.05. The fraction of sp³-hybridized carbons (Fsp3) is 0.615. The number of aryl methyl sites for hydroxylation is 1. The first-order chi connectivity index (χ1) is 9.05. The lowest BCUT2D eigenvalue weighted by Crippen LogP contribution is -2.28. The molecule has 0 saturated heterocycles. The Morgan fingerprint density at radius 3 is 2.79 bits per heavy atom. The van der Waals surface area contributed by atoms with Crippen LogP contribution in [0.15, 0.2) is 18.5 Å². The maximum absolute atomic E-state index is 11.8. The van der Waals surface area contributed by atoms with Crippen LogP contribution in [0.3, 0.4) is 0 Å². The van der Waals surface area contributed by atoms with Crippen molar-refractivity contribution in [2.75, 3.05) is 18.8 Å². The Balaban J connectivity index is 2.33. The van der Waals surface area contributed by atoms with Gasteiger partial charge in [0.1, 0.15) is 0 Å². The van der Waals surface area contributed by atoms with Gasteiger partial charge in [-0.15, -0.1) is 0 Å². The summed E-state index contributed by atoms with van der Waals surface area (Å²) in [5.74, 6) is 0.156. The molecule has 1 rings (SSSR count). The van der Waals surface area contributed by atoms with Crippen LogP contribution in [0.4, 0.5) is 0 Å². The van der Waals surface area contributed by atoms with Gasteiger partial charge in [-0.1, -0.05) is 6.92 Å². The highest BCUT2D eigenvalue weighted by Gasteiger charge is 2.10. The van der Waals surface area contributed by atoms with E-state index in [1.165, 1.54) is 0 Å². The number of hydrogen-bond donors (Lipinski definition) is 2. The Bertz CT molecular complexity index is 475. The maximum Gasteiger partial charge on any atom is 0.211 e. The molecule has 0 fully saturated rings. The molecule has 1 heterocycles. The van der Waals surface area contributed by atoms with Crippen LogP contribution in [0.1, 0.15) is 30.9 Å². The second-order valence-corrected chi connectivity index (χ2v) is 6.47. The first-order valence-electron chi connectivity index (χ1n) is 6.62. The summed E-state index contributed by atoms with van der Waals surface area (Å²) < 4.78 is 26.2. The molecule has 0 bridgehead atoms. The lowest BCUT2D eigenvalue weighted by molar-refractivity contribution is 0.574. The Labute approximate surface area is 115 Å². The first-order valence-corrected chi connectivity index (χ1v) is 8.28. The third-order valence-corrected chi connectivity index (χ3v) is 4.23. The molecule has 0 unspecified atom stereocenters. The van der Waals surface area contributed by atoms with E-state index in [0.717, 1.165) is 30.6 Å². The fourth-order valence-corrected chi connectivity index (χ4v) is 2.67. The number of aromatic nitrogens is 1. The first kappa shape index (κ1) is 16.1. The van der Waals surface area contributed by atoms with Gasteiger partial charge in [-0.25, -0.2) is 13.1 Å². The van der Waals surface area contributed by atoms with Crippen molar-refractivity contribution in [1.29, 1.82) is 0 Å². The number of hydrogen-bond acceptors (Lipinski definition) is 4. The highest BCUT2D eigenvalue weighted by atomic mass is 32.2. The topological polar surface area (TPSA) is 71.1 Å². The third-order valence-electron chi connectivity index (χ3n) is 2.82. The second-order valence-electron chi connectivity index (χ2n) is 4.55. The zero-order valence-corrected chi connectivity index (χ0v) is 12.5. The van der Waals surface area contributed by atoms with Crippen molar-refractivity contribution in [2.24, 2.45) is 0 Å². The lowest BCUT2D eigenvalue weighted by atomic mass is 10.2. The minimum atomic E-state index is -3.20. The van der Waals surface area contributed by atoms with E-state index < -0.39 is 10.0 Å². The molecule has 0 saturated carbocycles. The van der Waals surface area contributed by atoms with E-state index >= 15 is 0 Å². The molecule has 0 spiro atoms. The molecule has 1 aromatic heterocycles. The van der Waals surface area contributed by atoms with Crippen molar-refractivity contribution in [1.82, 2.24) is 15.0 Å². The van der Waals surface area contributed by atoms with Gasteiger partial charge in [-0.3, -0.25) is 4.98 Å². The van der Waals surface area contributed by atoms with E-state index in [1.54, 1.807) is 12.4 Å². The van der Waals surface area contributed by atoms with Crippen molar-refractivity contribution in [3.8, 4) is 0 Å². The summed E-state index contributed by atoms with van der Waals surface area (Å²) in [7, 11) is -3.20. The fourth-order valence-electron chi connectivity index (χ4n) is 1.63. The molecule has 19 heavy (non-hydrogen) atoms. The number of pyridine rings is 1. The van der Waals surface area contributed by atoms with E-state index in [-0.39, 0.29) is 5.75 Å². The standard InChI is InChI=1S/C13H23N3O2S/c1-3-6-14-7-4-9-19(17,18)16-11-13-10-15-8-5-12(13)2/h5,8,10,14,16H,3-4,6-7,9,11H2,1-2H3. The zero-order valence-electron chi connectivity index (χ0n) is 11.6. The van der Waals surface area contributed by atoms with Gasteiger partial charge in [0.05, 0.1) is 5.75 Å². The minimum absolute atomic E-state index is 0.156. The molecule has 0 aromatic carbocycles. The largest absolute Gasteiger partial charge is 0.317 e. The van der Waals surface area contributed by atoms with Gasteiger partial charge in [0, 0.05) is 18.9 Å². The molecule has 108 valence electrons. The minimum Gasteiger partial charge on any atom is -0.317 e. The van der Waals surface area contributed by atoms with Crippen molar-refractivity contribution >= 4 is 10.0 Å². The molecule has 0 aliphatic rings. The summed E-state index contributed by atoms with van der Waals surface area (Å²) in [4.78, 5) is 4.00. The van der Waals surface area contributed by atoms with Gasteiger partial charge >= 0.3 is 0 Å². The van der Waals surface area contributed by atoms with Gasteiger partial charge in [0.2, 0.25) is 10.0 Å². The molecule has 5 nitrogen and oxygen atoms in total. The predicted molar refractivity (Wildman–Crippen MR) is 77.4 cm³/mol. The SMILES string of the molecule is CCCNCCCS(=O)(=O)NCc1cnccc1C. The Morgan fingerprint density at radius 1 is 1.32 bits per heavy atom. The van der Waals surface area contributed by atoms with Crippen LogP contribution in [0.5, 0.6) is 0 Å². The van der Waals surface area contributed by atoms with Crippen molar-refractivity contribution in [3.63, 3.8) is 0 Å². The van der Waals surface area contributed by atoms with Crippen LogP contribution < -0.4 is 10.0 Å². The average molecular weight is 285 g/mol. The highest BCUT2D eigenvalue weighted by molar-refractivity contribution is 7.89. The molecule has 2 N–H and O–H groups in total. The van der Waals surface area contributed by atoms with Gasteiger partial charge in [0.15, 0.2) is 0 Å². The molecule has 0 radical (unpaired) electrons. The maximum atomic E-state index is 11.8. The monoisotopic (exact) mass is 285 g/mol. The van der Waals surface area contributed by atoms with Crippen LogP contribution >= 0.6 is 0 Å². The van der Waals surface area contributed by atoms with E-state index in [9.17, 15) is 8.42 Å². The quantitative estimate of drug-likeness (QED) is 0.669. The molecule has 0 atom stereocenters. The van der Waals surface area contributed by atoms with Gasteiger partial charge in [-0.2, -0.15) is 0 Å². The molecular formula is C13H23N3O2S. The lowest BCUT2D eigenvalue weighted by Gasteiger charge is -2.08. The summed E-state index contributed by atoms with van der Waals surface area (Å²) >= 11 is 0. The zero-order chi connectivity index (χ0) is 14.1. The summed E-state index contributed by atoms with van der Waals surface area (Å²) in [6, 6.07) is 1.87. The number of nitrogens with one attached hydrogen (secondary N) is 2. The van der Waals surface area contributed by atoms with Crippen LogP contribution in [0.25, 0.3) is 0 Å². The summed E-state index contributed by atoms with van der Waals surface area (Å²) in [6.45, 7) is 6.01. The van der Waals surface area contributed by atoms with Crippen LogP contribution in [0.2, 0.25) is 0 Å². The van der Waals surface area contributed by atoms with E-state index in [0.29, 0.717) is 13.0 Å². The summed E-state index contributed by atoms with van der Waals surface area (Å²) in [5.41, 5.74) is 1.96. The van der Waals surface area contributed by atoms with Gasteiger partial charge < -0.3 is 5.32 Å². The molecule has 6 heteroatoms. The molecule has 0 aliphatic heterocycles. The predicted octanol–water partition coefficient (Wildman–Crippen LogP) is 1.20. The van der Waals surface area contributed by atoms with Gasteiger partial charge in [0.25, 0.3) is 0 Å². The van der Waals surface area contributed by atoms with Crippen LogP contribution in [-0.2, 0) is 16.6 Å². The number of rotatable bonds is 9. The van der Waals surface area contributed by atoms with Gasteiger partial charge in [-0.05, 0) is 50.0 Å². The number of nitrogens with zero attached hydrogens (tertiary/aromatic N) is 1. The summed E-state index contributed by atoms with van der Waals surface area (Å²) in [5, 5.41) is 3.19. The normalized spacial score (nSPS) is 11.7. The van der Waals surface area contributed by atoms with E-state index in [2.05, 4.69) is 21.9 Å². The number of sulfonamides is 1. The Morgan fingerprint density at radius 2 is 2.11 bits per heavy atom. The third kappa shape index (κ3) is 6.66.